The number of rotatable bonds is 6. The van der Waals surface area contributed by atoms with Gasteiger partial charge in [-0.25, -0.2) is 0 Å². The molecule has 0 saturated carbocycles. The van der Waals surface area contributed by atoms with E-state index in [0.29, 0.717) is 34.9 Å². The van der Waals surface area contributed by atoms with E-state index in [4.69, 9.17) is 9.47 Å². The monoisotopic (exact) mass is 327 g/mol. The van der Waals surface area contributed by atoms with Crippen molar-refractivity contribution in [3.05, 3.63) is 45.9 Å². The first kappa shape index (κ1) is 17.6. The van der Waals surface area contributed by atoms with Crippen LogP contribution in [-0.4, -0.2) is 44.2 Å². The summed E-state index contributed by atoms with van der Waals surface area (Å²) < 4.78 is 11.3. The number of pyridine rings is 1. The summed E-state index contributed by atoms with van der Waals surface area (Å²) in [5.41, 5.74) is 1.54. The molecule has 0 unspecified atom stereocenters. The number of methoxy groups -OCH3 is 1. The molecule has 0 aliphatic rings. The van der Waals surface area contributed by atoms with Crippen LogP contribution in [0.1, 0.15) is 11.3 Å². The van der Waals surface area contributed by atoms with Gasteiger partial charge in [-0.3, -0.25) is 4.79 Å². The number of ether oxygens (including phenoxy) is 2. The van der Waals surface area contributed by atoms with Gasteiger partial charge in [0.1, 0.15) is 18.2 Å². The molecule has 2 rings (SSSR count). The summed E-state index contributed by atoms with van der Waals surface area (Å²) in [6, 6.07) is 9.18. The Morgan fingerprint density at radius 3 is 2.67 bits per heavy atom. The molecule has 6 heteroatoms. The van der Waals surface area contributed by atoms with Crippen molar-refractivity contribution in [2.45, 2.75) is 6.92 Å². The van der Waals surface area contributed by atoms with Crippen LogP contribution in [0.5, 0.6) is 11.5 Å². The standard InChI is InChI=1S/C18H21N3O3/c1-12-10-14(15(11-19)18(22)20-12)13-6-5-7-16(23-4)17(13)24-9-8-21(2)3/h5-7,10H,8-9H2,1-4H3,(H,20,22). The van der Waals surface area contributed by atoms with E-state index < -0.39 is 5.56 Å². The molecule has 24 heavy (non-hydrogen) atoms. The van der Waals surface area contributed by atoms with Crippen molar-refractivity contribution in [3.8, 4) is 28.7 Å². The first-order valence-electron chi connectivity index (χ1n) is 7.56. The number of aromatic amines is 1. The third-order valence-corrected chi connectivity index (χ3v) is 3.55. The van der Waals surface area contributed by atoms with Crippen LogP contribution >= 0.6 is 0 Å². The highest BCUT2D eigenvalue weighted by Crippen LogP contribution is 2.38. The molecular formula is C18H21N3O3. The number of aryl methyl sites for hydroxylation is 1. The zero-order chi connectivity index (χ0) is 17.7. The summed E-state index contributed by atoms with van der Waals surface area (Å²) in [7, 11) is 5.48. The first-order valence-corrected chi connectivity index (χ1v) is 7.56. The van der Waals surface area contributed by atoms with Gasteiger partial charge in [0.25, 0.3) is 5.56 Å². The van der Waals surface area contributed by atoms with Crippen LogP contribution in [-0.2, 0) is 0 Å². The Hall–Kier alpha value is -2.78. The second kappa shape index (κ2) is 7.66. The van der Waals surface area contributed by atoms with Crippen LogP contribution < -0.4 is 15.0 Å². The van der Waals surface area contributed by atoms with Crippen LogP contribution in [0.3, 0.4) is 0 Å². The number of nitriles is 1. The lowest BCUT2D eigenvalue weighted by Gasteiger charge is -2.17. The number of hydrogen-bond donors (Lipinski definition) is 1. The maximum atomic E-state index is 12.1. The van der Waals surface area contributed by atoms with Crippen molar-refractivity contribution in [2.24, 2.45) is 0 Å². The topological polar surface area (TPSA) is 78.3 Å². The van der Waals surface area contributed by atoms with Crippen LogP contribution in [0.15, 0.2) is 29.1 Å². The summed E-state index contributed by atoms with van der Waals surface area (Å²) in [5, 5.41) is 9.37. The Bertz CT molecular complexity index is 819. The van der Waals surface area contributed by atoms with Crippen molar-refractivity contribution in [1.82, 2.24) is 9.88 Å². The highest BCUT2D eigenvalue weighted by atomic mass is 16.5. The fraction of sp³-hybridized carbons (Fsp3) is 0.333. The van der Waals surface area contributed by atoms with Crippen LogP contribution in [0, 0.1) is 18.3 Å². The third kappa shape index (κ3) is 3.76. The van der Waals surface area contributed by atoms with Gasteiger partial charge in [-0.1, -0.05) is 12.1 Å². The molecule has 1 aromatic carbocycles. The average Bonchev–Trinajstić information content (AvgIpc) is 2.54. The minimum atomic E-state index is -0.408. The van der Waals surface area contributed by atoms with E-state index in [9.17, 15) is 10.1 Å². The van der Waals surface area contributed by atoms with E-state index in [1.165, 1.54) is 0 Å². The van der Waals surface area contributed by atoms with E-state index in [0.717, 1.165) is 6.54 Å². The van der Waals surface area contributed by atoms with E-state index in [-0.39, 0.29) is 5.56 Å². The van der Waals surface area contributed by atoms with Gasteiger partial charge in [-0.2, -0.15) is 5.26 Å². The second-order valence-corrected chi connectivity index (χ2v) is 5.67. The maximum absolute atomic E-state index is 12.1. The van der Waals surface area contributed by atoms with E-state index >= 15 is 0 Å². The fourth-order valence-corrected chi connectivity index (χ4v) is 2.38. The van der Waals surface area contributed by atoms with Gasteiger partial charge in [0.15, 0.2) is 11.5 Å². The molecule has 0 spiro atoms. The summed E-state index contributed by atoms with van der Waals surface area (Å²) in [6.07, 6.45) is 0. The Kier molecular flexibility index (Phi) is 5.61. The van der Waals surface area contributed by atoms with Gasteiger partial charge in [-0.05, 0) is 33.2 Å². The lowest BCUT2D eigenvalue weighted by Crippen LogP contribution is -2.20. The van der Waals surface area contributed by atoms with E-state index in [1.54, 1.807) is 26.2 Å². The van der Waals surface area contributed by atoms with Gasteiger partial charge in [-0.15, -0.1) is 0 Å². The molecule has 126 valence electrons. The molecule has 1 heterocycles. The molecule has 0 amide bonds. The summed E-state index contributed by atoms with van der Waals surface area (Å²) in [6.45, 7) is 2.97. The minimum absolute atomic E-state index is 0.0614. The Morgan fingerprint density at radius 2 is 2.04 bits per heavy atom. The number of nitrogens with one attached hydrogen (secondary N) is 1. The highest BCUT2D eigenvalue weighted by Gasteiger charge is 2.18. The fourth-order valence-electron chi connectivity index (χ4n) is 2.38. The molecule has 1 aromatic heterocycles. The minimum Gasteiger partial charge on any atom is -0.493 e. The largest absolute Gasteiger partial charge is 0.493 e. The molecule has 6 nitrogen and oxygen atoms in total. The second-order valence-electron chi connectivity index (χ2n) is 5.67. The lowest BCUT2D eigenvalue weighted by atomic mass is 9.99. The maximum Gasteiger partial charge on any atom is 0.266 e. The van der Waals surface area contributed by atoms with Gasteiger partial charge in [0.2, 0.25) is 0 Å². The molecule has 0 bridgehead atoms. The van der Waals surface area contributed by atoms with Crippen molar-refractivity contribution in [3.63, 3.8) is 0 Å². The Labute approximate surface area is 141 Å². The summed E-state index contributed by atoms with van der Waals surface area (Å²) in [5.74, 6) is 1.09. The number of hydrogen-bond acceptors (Lipinski definition) is 5. The number of nitrogens with zero attached hydrogens (tertiary/aromatic N) is 2. The SMILES string of the molecule is COc1cccc(-c2cc(C)[nH]c(=O)c2C#N)c1OCCN(C)C. The van der Waals surface area contributed by atoms with Crippen LogP contribution in [0.4, 0.5) is 0 Å². The predicted octanol–water partition coefficient (Wildman–Crippen LogP) is 2.17. The lowest BCUT2D eigenvalue weighted by molar-refractivity contribution is 0.251. The van der Waals surface area contributed by atoms with Crippen LogP contribution in [0.25, 0.3) is 11.1 Å². The molecule has 0 aliphatic heterocycles. The quantitative estimate of drug-likeness (QED) is 0.880. The van der Waals surface area contributed by atoms with Crippen molar-refractivity contribution in [1.29, 1.82) is 5.26 Å². The Balaban J connectivity index is 2.59. The van der Waals surface area contributed by atoms with Gasteiger partial charge >= 0.3 is 0 Å². The average molecular weight is 327 g/mol. The van der Waals surface area contributed by atoms with Gasteiger partial charge < -0.3 is 19.4 Å². The zero-order valence-corrected chi connectivity index (χ0v) is 14.3. The van der Waals surface area contributed by atoms with Crippen molar-refractivity contribution in [2.75, 3.05) is 34.4 Å². The van der Waals surface area contributed by atoms with Crippen molar-refractivity contribution < 1.29 is 9.47 Å². The van der Waals surface area contributed by atoms with Gasteiger partial charge in [0, 0.05) is 23.4 Å². The van der Waals surface area contributed by atoms with Crippen LogP contribution in [0.2, 0.25) is 0 Å². The smallest absolute Gasteiger partial charge is 0.266 e. The van der Waals surface area contributed by atoms with E-state index in [2.05, 4.69) is 4.98 Å². The predicted molar refractivity (Wildman–Crippen MR) is 92.6 cm³/mol. The molecule has 0 fully saturated rings. The first-order chi connectivity index (χ1) is 11.5. The molecule has 0 aliphatic carbocycles. The van der Waals surface area contributed by atoms with Crippen molar-refractivity contribution >= 4 is 0 Å². The van der Waals surface area contributed by atoms with Gasteiger partial charge in [0.05, 0.1) is 7.11 Å². The number of benzene rings is 1. The number of aromatic nitrogens is 1. The Morgan fingerprint density at radius 1 is 1.29 bits per heavy atom. The number of para-hydroxylation sites is 1. The molecule has 2 aromatic rings. The zero-order valence-electron chi connectivity index (χ0n) is 14.3. The third-order valence-electron chi connectivity index (χ3n) is 3.55. The summed E-state index contributed by atoms with van der Waals surface area (Å²) in [4.78, 5) is 16.7. The molecule has 0 radical (unpaired) electrons. The molecule has 0 saturated heterocycles. The highest BCUT2D eigenvalue weighted by molar-refractivity contribution is 5.78. The number of H-pyrrole nitrogens is 1. The molecular weight excluding hydrogens is 306 g/mol. The normalized spacial score (nSPS) is 10.5. The summed E-state index contributed by atoms with van der Waals surface area (Å²) >= 11 is 0. The van der Waals surface area contributed by atoms with E-state index in [1.807, 2.05) is 37.2 Å². The molecule has 0 atom stereocenters. The number of likely N-dealkylation sites (N-methyl/N-ethyl adjacent to an activating group) is 1. The molecule has 1 N–H and O–H groups in total.